The highest BCUT2D eigenvalue weighted by molar-refractivity contribution is 5.95. The van der Waals surface area contributed by atoms with Gasteiger partial charge >= 0.3 is 0 Å². The van der Waals surface area contributed by atoms with Crippen LogP contribution < -0.4 is 16.3 Å². The van der Waals surface area contributed by atoms with Crippen molar-refractivity contribution in [1.29, 1.82) is 0 Å². The maximum Gasteiger partial charge on any atom is 0.211 e. The fourth-order valence-electron chi connectivity index (χ4n) is 0.832. The summed E-state index contributed by atoms with van der Waals surface area (Å²) in [5, 5.41) is 7.32. The zero-order chi connectivity index (χ0) is 9.14. The molecule has 6 heteroatoms. The minimum atomic E-state index is 0.189. The van der Waals surface area contributed by atoms with Gasteiger partial charge in [-0.1, -0.05) is 0 Å². The van der Waals surface area contributed by atoms with Gasteiger partial charge in [-0.3, -0.25) is 0 Å². The number of nitrogens with zero attached hydrogens (tertiary/aromatic N) is 3. The van der Waals surface area contributed by atoms with Crippen molar-refractivity contribution in [3.05, 3.63) is 11.8 Å². The molecule has 0 unspecified atom stereocenters. The third kappa shape index (κ3) is 1.31. The lowest BCUT2D eigenvalue weighted by molar-refractivity contribution is 0.373. The standard InChI is InChI=1S/C6H11N5O/c1-11-5(12-2)3-4(10-11)6(7)9-8/h3H,8H2,1-2H3,(H2,7,9). The van der Waals surface area contributed by atoms with Crippen molar-refractivity contribution in [3.63, 3.8) is 0 Å². The Balaban J connectivity index is 3.04. The highest BCUT2D eigenvalue weighted by atomic mass is 16.5. The van der Waals surface area contributed by atoms with E-state index in [0.29, 0.717) is 11.6 Å². The molecule has 0 aromatic carbocycles. The van der Waals surface area contributed by atoms with Gasteiger partial charge in [0.1, 0.15) is 5.69 Å². The van der Waals surface area contributed by atoms with Crippen molar-refractivity contribution in [1.82, 2.24) is 9.78 Å². The maximum atomic E-state index is 5.42. The van der Waals surface area contributed by atoms with E-state index in [4.69, 9.17) is 16.3 Å². The average molecular weight is 169 g/mol. The molecule has 1 rings (SSSR count). The van der Waals surface area contributed by atoms with Crippen LogP contribution in [0.5, 0.6) is 5.88 Å². The van der Waals surface area contributed by atoms with E-state index in [1.807, 2.05) is 0 Å². The number of hydrogen-bond donors (Lipinski definition) is 2. The number of aryl methyl sites for hydroxylation is 1. The topological polar surface area (TPSA) is 91.4 Å². The second-order valence-electron chi connectivity index (χ2n) is 2.21. The summed E-state index contributed by atoms with van der Waals surface area (Å²) in [6.45, 7) is 0. The summed E-state index contributed by atoms with van der Waals surface area (Å²) in [4.78, 5) is 0. The maximum absolute atomic E-state index is 5.42. The molecule has 1 aromatic rings. The first-order chi connectivity index (χ1) is 5.69. The van der Waals surface area contributed by atoms with Crippen LogP contribution in [-0.4, -0.2) is 22.7 Å². The molecular weight excluding hydrogens is 158 g/mol. The van der Waals surface area contributed by atoms with Crippen molar-refractivity contribution in [2.45, 2.75) is 0 Å². The van der Waals surface area contributed by atoms with Gasteiger partial charge in [0.25, 0.3) is 0 Å². The van der Waals surface area contributed by atoms with Crippen LogP contribution in [0.1, 0.15) is 5.69 Å². The Hall–Kier alpha value is -1.72. The molecule has 12 heavy (non-hydrogen) atoms. The highest BCUT2D eigenvalue weighted by Crippen LogP contribution is 2.09. The van der Waals surface area contributed by atoms with Crippen molar-refractivity contribution < 1.29 is 4.74 Å². The lowest BCUT2D eigenvalue weighted by Crippen LogP contribution is -2.16. The Kier molecular flexibility index (Phi) is 2.18. The van der Waals surface area contributed by atoms with E-state index in [-0.39, 0.29) is 5.84 Å². The fraction of sp³-hybridized carbons (Fsp3) is 0.333. The molecule has 0 aliphatic heterocycles. The number of rotatable bonds is 2. The molecule has 0 aliphatic rings. The second kappa shape index (κ2) is 3.12. The summed E-state index contributed by atoms with van der Waals surface area (Å²) in [5.74, 6) is 5.77. The molecule has 1 heterocycles. The Labute approximate surface area is 69.8 Å². The van der Waals surface area contributed by atoms with E-state index in [0.717, 1.165) is 0 Å². The van der Waals surface area contributed by atoms with Gasteiger partial charge < -0.3 is 16.3 Å². The van der Waals surface area contributed by atoms with Gasteiger partial charge in [0, 0.05) is 13.1 Å². The number of amidine groups is 1. The number of methoxy groups -OCH3 is 1. The lowest BCUT2D eigenvalue weighted by atomic mass is 10.4. The molecule has 0 amide bonds. The largest absolute Gasteiger partial charge is 0.481 e. The van der Waals surface area contributed by atoms with Gasteiger partial charge in [-0.05, 0) is 0 Å². The van der Waals surface area contributed by atoms with E-state index in [1.54, 1.807) is 24.9 Å². The predicted molar refractivity (Wildman–Crippen MR) is 44.7 cm³/mol. The van der Waals surface area contributed by atoms with Crippen LogP contribution in [0.2, 0.25) is 0 Å². The number of ether oxygens (including phenoxy) is 1. The first-order valence-electron chi connectivity index (χ1n) is 3.30. The molecule has 0 spiro atoms. The summed E-state index contributed by atoms with van der Waals surface area (Å²) in [6, 6.07) is 1.66. The van der Waals surface area contributed by atoms with E-state index >= 15 is 0 Å². The quantitative estimate of drug-likeness (QED) is 0.257. The van der Waals surface area contributed by atoms with Gasteiger partial charge in [-0.15, -0.1) is 0 Å². The van der Waals surface area contributed by atoms with Gasteiger partial charge in [0.05, 0.1) is 7.11 Å². The molecule has 0 bridgehead atoms. The van der Waals surface area contributed by atoms with Crippen LogP contribution in [0.15, 0.2) is 11.2 Å². The van der Waals surface area contributed by atoms with Crippen molar-refractivity contribution in [2.24, 2.45) is 23.7 Å². The summed E-state index contributed by atoms with van der Waals surface area (Å²) in [5.41, 5.74) is 5.94. The fourth-order valence-corrected chi connectivity index (χ4v) is 0.832. The zero-order valence-electron chi connectivity index (χ0n) is 6.98. The average Bonchev–Trinajstić information content (AvgIpc) is 2.45. The third-order valence-electron chi connectivity index (χ3n) is 1.45. The summed E-state index contributed by atoms with van der Waals surface area (Å²) < 4.78 is 6.52. The Bertz CT molecular complexity index is 303. The predicted octanol–water partition coefficient (Wildman–Crippen LogP) is -0.992. The van der Waals surface area contributed by atoms with Crippen LogP contribution in [0, 0.1) is 0 Å². The smallest absolute Gasteiger partial charge is 0.211 e. The van der Waals surface area contributed by atoms with Crippen LogP contribution in [-0.2, 0) is 7.05 Å². The molecule has 0 radical (unpaired) electrons. The Morgan fingerprint density at radius 2 is 2.42 bits per heavy atom. The van der Waals surface area contributed by atoms with Gasteiger partial charge in [0.2, 0.25) is 5.88 Å². The first-order valence-corrected chi connectivity index (χ1v) is 3.30. The second-order valence-corrected chi connectivity index (χ2v) is 2.21. The molecule has 0 saturated carbocycles. The van der Waals surface area contributed by atoms with Crippen molar-refractivity contribution in [3.8, 4) is 5.88 Å². The molecule has 4 N–H and O–H groups in total. The summed E-state index contributed by atoms with van der Waals surface area (Å²) in [6.07, 6.45) is 0. The Morgan fingerprint density at radius 1 is 1.75 bits per heavy atom. The monoisotopic (exact) mass is 169 g/mol. The van der Waals surface area contributed by atoms with Crippen molar-refractivity contribution >= 4 is 5.84 Å². The molecule has 0 fully saturated rings. The SMILES string of the molecule is COc1cc(/C(N)=N/N)nn1C. The number of hydrazone groups is 1. The van der Waals surface area contributed by atoms with E-state index in [1.165, 1.54) is 0 Å². The number of hydrogen-bond acceptors (Lipinski definition) is 4. The molecular formula is C6H11N5O. The van der Waals surface area contributed by atoms with E-state index in [2.05, 4.69) is 10.2 Å². The number of nitrogens with two attached hydrogens (primary N) is 2. The van der Waals surface area contributed by atoms with Gasteiger partial charge in [-0.2, -0.15) is 10.2 Å². The van der Waals surface area contributed by atoms with Gasteiger partial charge in [-0.25, -0.2) is 4.68 Å². The number of aromatic nitrogens is 2. The third-order valence-corrected chi connectivity index (χ3v) is 1.45. The van der Waals surface area contributed by atoms with Crippen molar-refractivity contribution in [2.75, 3.05) is 7.11 Å². The molecule has 0 aliphatic carbocycles. The first kappa shape index (κ1) is 8.38. The highest BCUT2D eigenvalue weighted by Gasteiger charge is 2.07. The molecule has 6 nitrogen and oxygen atoms in total. The van der Waals surface area contributed by atoms with Crippen LogP contribution in [0.4, 0.5) is 0 Å². The molecule has 0 atom stereocenters. The van der Waals surface area contributed by atoms with E-state index in [9.17, 15) is 0 Å². The van der Waals surface area contributed by atoms with Crippen LogP contribution >= 0.6 is 0 Å². The minimum Gasteiger partial charge on any atom is -0.481 e. The zero-order valence-corrected chi connectivity index (χ0v) is 6.98. The molecule has 1 aromatic heterocycles. The summed E-state index contributed by atoms with van der Waals surface area (Å²) in [7, 11) is 3.29. The molecule has 0 saturated heterocycles. The summed E-state index contributed by atoms with van der Waals surface area (Å²) >= 11 is 0. The van der Waals surface area contributed by atoms with E-state index < -0.39 is 0 Å². The lowest BCUT2D eigenvalue weighted by Gasteiger charge is -1.95. The molecule has 66 valence electrons. The van der Waals surface area contributed by atoms with Crippen LogP contribution in [0.25, 0.3) is 0 Å². The Morgan fingerprint density at radius 3 is 2.83 bits per heavy atom. The normalized spacial score (nSPS) is 11.7. The van der Waals surface area contributed by atoms with Gasteiger partial charge in [0.15, 0.2) is 5.84 Å². The minimum absolute atomic E-state index is 0.189. The van der Waals surface area contributed by atoms with Crippen LogP contribution in [0.3, 0.4) is 0 Å².